The number of aromatic nitrogens is 2. The number of halogens is 2. The van der Waals surface area contributed by atoms with Crippen LogP contribution in [0, 0.1) is 18.6 Å². The molecule has 164 valence electrons. The van der Waals surface area contributed by atoms with Crippen LogP contribution in [0.15, 0.2) is 81.4 Å². The third kappa shape index (κ3) is 4.66. The Morgan fingerprint density at radius 1 is 1.03 bits per heavy atom. The molecule has 0 amide bonds. The topological polar surface area (TPSA) is 80.5 Å². The number of nitrogens with zero attached hydrogens (tertiary/aromatic N) is 2. The second-order valence-electron chi connectivity index (χ2n) is 6.99. The van der Waals surface area contributed by atoms with Crippen LogP contribution in [0.4, 0.5) is 14.5 Å². The Hall–Kier alpha value is -3.24. The number of aryl methyl sites for hydroxylation is 1. The first-order chi connectivity index (χ1) is 15.2. The second-order valence-corrected chi connectivity index (χ2v) is 9.69. The first-order valence-electron chi connectivity index (χ1n) is 9.41. The summed E-state index contributed by atoms with van der Waals surface area (Å²) >= 11 is 1.29. The van der Waals surface area contributed by atoms with Crippen LogP contribution in [0.5, 0.6) is 0 Å². The zero-order valence-corrected chi connectivity index (χ0v) is 18.4. The molecule has 0 atom stereocenters. The molecule has 2 heterocycles. The zero-order valence-electron chi connectivity index (χ0n) is 16.7. The largest absolute Gasteiger partial charge is 0.278 e. The Labute approximate surface area is 187 Å². The lowest BCUT2D eigenvalue weighted by molar-refractivity contribution is 0.504. The molecule has 4 aromatic rings. The van der Waals surface area contributed by atoms with Crippen LogP contribution in [0.25, 0.3) is 5.65 Å². The molecule has 1 N–H and O–H groups in total. The van der Waals surface area contributed by atoms with Gasteiger partial charge in [-0.15, -0.1) is 11.8 Å². The van der Waals surface area contributed by atoms with Crippen LogP contribution in [-0.4, -0.2) is 17.8 Å². The molecule has 2 aromatic heterocycles. The average Bonchev–Trinajstić information content (AvgIpc) is 2.75. The van der Waals surface area contributed by atoms with Gasteiger partial charge in [-0.3, -0.25) is 13.9 Å². The number of benzene rings is 2. The van der Waals surface area contributed by atoms with E-state index in [2.05, 4.69) is 9.71 Å². The summed E-state index contributed by atoms with van der Waals surface area (Å²) in [5.74, 6) is -2.06. The maximum atomic E-state index is 13.5. The Morgan fingerprint density at radius 3 is 2.59 bits per heavy atom. The number of thioether (sulfide) groups is 1. The summed E-state index contributed by atoms with van der Waals surface area (Å²) in [5, 5.41) is 0. The number of hydrogen-bond acceptors (Lipinski definition) is 5. The van der Waals surface area contributed by atoms with Crippen LogP contribution in [0.2, 0.25) is 0 Å². The van der Waals surface area contributed by atoms with Gasteiger partial charge < -0.3 is 0 Å². The molecule has 0 unspecified atom stereocenters. The van der Waals surface area contributed by atoms with Crippen molar-refractivity contribution in [3.63, 3.8) is 0 Å². The minimum Gasteiger partial charge on any atom is -0.278 e. The molecule has 0 radical (unpaired) electrons. The van der Waals surface area contributed by atoms with Gasteiger partial charge in [-0.25, -0.2) is 22.2 Å². The summed E-state index contributed by atoms with van der Waals surface area (Å²) in [7, 11) is -4.14. The van der Waals surface area contributed by atoms with Gasteiger partial charge in [0.1, 0.15) is 5.65 Å². The monoisotopic (exact) mass is 473 g/mol. The average molecular weight is 474 g/mol. The maximum absolute atomic E-state index is 13.5. The number of rotatable bonds is 6. The number of anilines is 1. The van der Waals surface area contributed by atoms with Gasteiger partial charge in [-0.1, -0.05) is 18.2 Å². The summed E-state index contributed by atoms with van der Waals surface area (Å²) in [5.41, 5.74) is 2.07. The molecule has 0 fully saturated rings. The molecule has 4 rings (SSSR count). The summed E-state index contributed by atoms with van der Waals surface area (Å²) in [6, 6.07) is 14.1. The molecule has 2 aromatic carbocycles. The number of hydrogen-bond donors (Lipinski definition) is 1. The summed E-state index contributed by atoms with van der Waals surface area (Å²) < 4.78 is 55.8. The van der Waals surface area contributed by atoms with E-state index in [1.165, 1.54) is 22.2 Å². The van der Waals surface area contributed by atoms with Crippen molar-refractivity contribution in [3.05, 3.63) is 100 Å². The highest BCUT2D eigenvalue weighted by molar-refractivity contribution is 7.98. The number of nitrogens with one attached hydrogen (secondary N) is 1. The predicted octanol–water partition coefficient (Wildman–Crippen LogP) is 4.37. The van der Waals surface area contributed by atoms with Crippen molar-refractivity contribution >= 4 is 33.1 Å². The van der Waals surface area contributed by atoms with Crippen molar-refractivity contribution in [3.8, 4) is 0 Å². The fourth-order valence-electron chi connectivity index (χ4n) is 3.01. The minimum absolute atomic E-state index is 0.207. The highest BCUT2D eigenvalue weighted by Gasteiger charge is 2.18. The quantitative estimate of drug-likeness (QED) is 0.421. The predicted molar refractivity (Wildman–Crippen MR) is 119 cm³/mol. The normalized spacial score (nSPS) is 11.6. The molecule has 32 heavy (non-hydrogen) atoms. The van der Waals surface area contributed by atoms with Crippen LogP contribution in [-0.2, 0) is 15.8 Å². The van der Waals surface area contributed by atoms with Crippen LogP contribution < -0.4 is 10.3 Å². The van der Waals surface area contributed by atoms with Gasteiger partial charge in [0.05, 0.1) is 16.3 Å². The standard InChI is InChI=1S/C22H17F2N3O3S2/c1-14-6-9-21-25-15(10-22(28)27(21)12-14)13-31-20-5-3-2-4-19(20)26-32(29,30)16-7-8-17(23)18(24)11-16/h2-12,26H,13H2,1H3. The zero-order chi connectivity index (χ0) is 22.9. The van der Waals surface area contributed by atoms with Crippen molar-refractivity contribution < 1.29 is 17.2 Å². The molecule has 10 heteroatoms. The van der Waals surface area contributed by atoms with E-state index < -0.39 is 26.6 Å². The van der Waals surface area contributed by atoms with Gasteiger partial charge in [0.25, 0.3) is 15.6 Å². The fourth-order valence-corrected chi connectivity index (χ4v) is 5.06. The van der Waals surface area contributed by atoms with Crippen molar-refractivity contribution in [2.24, 2.45) is 0 Å². The molecule has 6 nitrogen and oxygen atoms in total. The van der Waals surface area contributed by atoms with Crippen molar-refractivity contribution in [2.75, 3.05) is 4.72 Å². The van der Waals surface area contributed by atoms with Gasteiger partial charge in [-0.05, 0) is 48.9 Å². The second kappa shape index (κ2) is 8.71. The Bertz CT molecular complexity index is 1490. The summed E-state index contributed by atoms with van der Waals surface area (Å²) in [6.07, 6.45) is 1.71. The van der Waals surface area contributed by atoms with Crippen molar-refractivity contribution in [1.29, 1.82) is 0 Å². The smallest absolute Gasteiger partial charge is 0.262 e. The first kappa shape index (κ1) is 22.0. The molecule has 0 aliphatic carbocycles. The minimum atomic E-state index is -4.14. The fraction of sp³-hybridized carbons (Fsp3) is 0.0909. The maximum Gasteiger partial charge on any atom is 0.262 e. The van der Waals surface area contributed by atoms with E-state index in [1.54, 1.807) is 36.5 Å². The van der Waals surface area contributed by atoms with E-state index in [0.29, 0.717) is 28.1 Å². The molecular formula is C22H17F2N3O3S2. The van der Waals surface area contributed by atoms with Crippen LogP contribution >= 0.6 is 11.8 Å². The molecule has 0 saturated heterocycles. The lowest BCUT2D eigenvalue weighted by Crippen LogP contribution is -2.15. The summed E-state index contributed by atoms with van der Waals surface area (Å²) in [6.45, 7) is 1.88. The lowest BCUT2D eigenvalue weighted by Gasteiger charge is -2.12. The number of para-hydroxylation sites is 1. The van der Waals surface area contributed by atoms with E-state index in [0.717, 1.165) is 17.7 Å². The van der Waals surface area contributed by atoms with Gasteiger partial charge in [0.2, 0.25) is 0 Å². The molecule has 0 spiro atoms. The van der Waals surface area contributed by atoms with E-state index in [1.807, 2.05) is 13.0 Å². The van der Waals surface area contributed by atoms with Gasteiger partial charge in [0.15, 0.2) is 11.6 Å². The van der Waals surface area contributed by atoms with Crippen LogP contribution in [0.3, 0.4) is 0 Å². The third-order valence-electron chi connectivity index (χ3n) is 4.57. The number of fused-ring (bicyclic) bond motifs is 1. The number of sulfonamides is 1. The van der Waals surface area contributed by atoms with E-state index in [9.17, 15) is 22.0 Å². The van der Waals surface area contributed by atoms with E-state index in [-0.39, 0.29) is 11.2 Å². The SMILES string of the molecule is Cc1ccc2nc(CSc3ccccc3NS(=O)(=O)c3ccc(F)c(F)c3)cc(=O)n2c1. The van der Waals surface area contributed by atoms with Gasteiger partial charge in [-0.2, -0.15) is 0 Å². The Morgan fingerprint density at radius 2 is 1.81 bits per heavy atom. The third-order valence-corrected chi connectivity index (χ3v) is 7.04. The van der Waals surface area contributed by atoms with Crippen molar-refractivity contribution in [1.82, 2.24) is 9.38 Å². The highest BCUT2D eigenvalue weighted by atomic mass is 32.2. The Balaban J connectivity index is 1.58. The van der Waals surface area contributed by atoms with E-state index >= 15 is 0 Å². The highest BCUT2D eigenvalue weighted by Crippen LogP contribution is 2.31. The van der Waals surface area contributed by atoms with Crippen LogP contribution in [0.1, 0.15) is 11.3 Å². The lowest BCUT2D eigenvalue weighted by atomic mass is 10.3. The Kier molecular flexibility index (Phi) is 5.98. The van der Waals surface area contributed by atoms with E-state index in [4.69, 9.17) is 0 Å². The summed E-state index contributed by atoms with van der Waals surface area (Å²) in [4.78, 5) is 17.1. The van der Waals surface area contributed by atoms with Crippen molar-refractivity contribution in [2.45, 2.75) is 22.5 Å². The molecule has 0 saturated carbocycles. The molecule has 0 aliphatic heterocycles. The first-order valence-corrected chi connectivity index (χ1v) is 11.9. The molecule has 0 aliphatic rings. The molecular weight excluding hydrogens is 456 g/mol. The van der Waals surface area contributed by atoms with Gasteiger partial charge in [0, 0.05) is 22.9 Å². The number of pyridine rings is 1. The van der Waals surface area contributed by atoms with Gasteiger partial charge >= 0.3 is 0 Å². The molecule has 0 bridgehead atoms.